The fourth-order valence-electron chi connectivity index (χ4n) is 5.09. The van der Waals surface area contributed by atoms with Gasteiger partial charge in [-0.05, 0) is 66.4 Å². The van der Waals surface area contributed by atoms with Gasteiger partial charge in [0.15, 0.2) is 0 Å². The zero-order valence-electron chi connectivity index (χ0n) is 22.2. The number of nitrogens with one attached hydrogen (secondary N) is 2. The summed E-state index contributed by atoms with van der Waals surface area (Å²) < 4.78 is 3.45. The molecule has 0 aliphatic carbocycles. The summed E-state index contributed by atoms with van der Waals surface area (Å²) in [6.07, 6.45) is 0.673. The first kappa shape index (κ1) is 25.2. The van der Waals surface area contributed by atoms with E-state index in [1.165, 1.54) is 17.7 Å². The zero-order valence-corrected chi connectivity index (χ0v) is 22.2. The van der Waals surface area contributed by atoms with Gasteiger partial charge in [-0.1, -0.05) is 36.4 Å². The number of amides is 2. The minimum Gasteiger partial charge on any atom is -0.356 e. The predicted octanol–water partition coefficient (Wildman–Crippen LogP) is 4.16. The van der Waals surface area contributed by atoms with E-state index in [4.69, 9.17) is 10.1 Å². The SMILES string of the molecule is CC(=O)NCCc1ccc2c(c1)nc1n2Cc2cccc(c2)-c2ccc(=O)n(n2)C(C)c2cccc(c2)C(=O)N1. The van der Waals surface area contributed by atoms with Gasteiger partial charge in [0.05, 0.1) is 29.3 Å². The first-order valence-electron chi connectivity index (χ1n) is 13.2. The standard InChI is InChI=1S/C31H28N6O3/c1-19-23-6-4-8-25(17-23)30(40)34-31-33-27-16-21(13-14-32-20(2)38)9-11-28(27)36(31)18-22-5-3-7-24(15-22)26-10-12-29(39)37(19)35-26/h3-12,15-17,19H,13-14,18H2,1-2H3,(H,32,38)(H,33,34,40). The van der Waals surface area contributed by atoms with Crippen LogP contribution < -0.4 is 16.2 Å². The maximum atomic E-state index is 13.5. The van der Waals surface area contributed by atoms with Crippen molar-refractivity contribution in [3.8, 4) is 11.3 Å². The molecule has 9 heteroatoms. The third-order valence-corrected chi connectivity index (χ3v) is 7.21. The van der Waals surface area contributed by atoms with Crippen LogP contribution in [0.3, 0.4) is 0 Å². The van der Waals surface area contributed by atoms with Crippen LogP contribution in [0.4, 0.5) is 5.95 Å². The normalized spacial score (nSPS) is 14.6. The first-order chi connectivity index (χ1) is 19.4. The second kappa shape index (κ2) is 10.3. The van der Waals surface area contributed by atoms with Crippen LogP contribution >= 0.6 is 0 Å². The number of nitrogens with zero attached hydrogens (tertiary/aromatic N) is 4. The van der Waals surface area contributed by atoms with Gasteiger partial charge in [0, 0.05) is 30.7 Å². The molecule has 1 aliphatic rings. The highest BCUT2D eigenvalue weighted by Gasteiger charge is 2.19. The summed E-state index contributed by atoms with van der Waals surface area (Å²) in [5, 5.41) is 10.5. The molecule has 1 unspecified atom stereocenters. The van der Waals surface area contributed by atoms with Crippen molar-refractivity contribution in [2.45, 2.75) is 32.9 Å². The van der Waals surface area contributed by atoms with Gasteiger partial charge in [-0.3, -0.25) is 19.7 Å². The molecule has 0 saturated carbocycles. The van der Waals surface area contributed by atoms with Crippen LogP contribution in [-0.4, -0.2) is 37.7 Å². The van der Waals surface area contributed by atoms with E-state index >= 15 is 0 Å². The lowest BCUT2D eigenvalue weighted by molar-refractivity contribution is -0.118. The van der Waals surface area contributed by atoms with E-state index in [1.807, 2.05) is 60.0 Å². The number of carbonyl (C=O) groups excluding carboxylic acids is 2. The van der Waals surface area contributed by atoms with Crippen molar-refractivity contribution in [1.29, 1.82) is 0 Å². The molecule has 9 nitrogen and oxygen atoms in total. The number of imidazole rings is 1. The average Bonchev–Trinajstić information content (AvgIpc) is 3.28. The van der Waals surface area contributed by atoms with Crippen LogP contribution in [-0.2, 0) is 17.8 Å². The lowest BCUT2D eigenvalue weighted by Crippen LogP contribution is -2.26. The highest BCUT2D eigenvalue weighted by molar-refractivity contribution is 6.04. The van der Waals surface area contributed by atoms with Gasteiger partial charge in [-0.15, -0.1) is 0 Å². The summed E-state index contributed by atoms with van der Waals surface area (Å²) in [4.78, 5) is 42.3. The number of hydrogen-bond acceptors (Lipinski definition) is 5. The van der Waals surface area contributed by atoms with E-state index in [1.54, 1.807) is 24.3 Å². The summed E-state index contributed by atoms with van der Waals surface area (Å²) in [7, 11) is 0. The molecular weight excluding hydrogens is 504 g/mol. The molecule has 40 heavy (non-hydrogen) atoms. The van der Waals surface area contributed by atoms with Gasteiger partial charge in [0.1, 0.15) is 0 Å². The molecule has 2 N–H and O–H groups in total. The molecule has 0 saturated heterocycles. The molecule has 3 heterocycles. The maximum Gasteiger partial charge on any atom is 0.267 e. The van der Waals surface area contributed by atoms with E-state index in [2.05, 4.69) is 10.6 Å². The molecule has 1 aliphatic heterocycles. The van der Waals surface area contributed by atoms with E-state index in [0.717, 1.165) is 33.3 Å². The Morgan fingerprint density at radius 1 is 1.00 bits per heavy atom. The summed E-state index contributed by atoms with van der Waals surface area (Å²) in [6, 6.07) is 24.1. The number of hydrogen-bond donors (Lipinski definition) is 2. The predicted molar refractivity (Wildman–Crippen MR) is 153 cm³/mol. The molecule has 2 amide bonds. The monoisotopic (exact) mass is 532 g/mol. The molecular formula is C31H28N6O3. The van der Waals surface area contributed by atoms with Crippen molar-refractivity contribution in [3.05, 3.63) is 111 Å². The van der Waals surface area contributed by atoms with E-state index in [0.29, 0.717) is 36.7 Å². The Labute approximate surface area is 230 Å². The van der Waals surface area contributed by atoms with E-state index in [9.17, 15) is 14.4 Å². The Morgan fingerprint density at radius 3 is 2.67 bits per heavy atom. The lowest BCUT2D eigenvalue weighted by atomic mass is 10.0. The topological polar surface area (TPSA) is 111 Å². The lowest BCUT2D eigenvalue weighted by Gasteiger charge is -2.16. The molecule has 0 spiro atoms. The van der Waals surface area contributed by atoms with Crippen molar-refractivity contribution >= 4 is 28.8 Å². The second-order valence-electron chi connectivity index (χ2n) is 10.0. The second-order valence-corrected chi connectivity index (χ2v) is 10.0. The minimum atomic E-state index is -0.381. The van der Waals surface area contributed by atoms with Crippen LogP contribution in [0.5, 0.6) is 0 Å². The van der Waals surface area contributed by atoms with Crippen molar-refractivity contribution in [2.24, 2.45) is 0 Å². The van der Waals surface area contributed by atoms with Crippen LogP contribution in [0, 0.1) is 0 Å². The van der Waals surface area contributed by atoms with E-state index < -0.39 is 0 Å². The molecule has 1 atom stereocenters. The van der Waals surface area contributed by atoms with Crippen molar-refractivity contribution in [1.82, 2.24) is 24.6 Å². The average molecular weight is 533 g/mol. The molecule has 200 valence electrons. The van der Waals surface area contributed by atoms with Gasteiger partial charge < -0.3 is 9.88 Å². The number of aromatic nitrogens is 4. The fourth-order valence-corrected chi connectivity index (χ4v) is 5.09. The Balaban J connectivity index is 1.49. The molecule has 2 aromatic heterocycles. The Bertz CT molecular complexity index is 1840. The molecule has 0 radical (unpaired) electrons. The highest BCUT2D eigenvalue weighted by atomic mass is 16.2. The van der Waals surface area contributed by atoms with Gasteiger partial charge in [-0.25, -0.2) is 9.67 Å². The summed E-state index contributed by atoms with van der Waals surface area (Å²) >= 11 is 0. The summed E-state index contributed by atoms with van der Waals surface area (Å²) in [5.74, 6) is 0.0755. The first-order valence-corrected chi connectivity index (χ1v) is 13.2. The third-order valence-electron chi connectivity index (χ3n) is 7.21. The smallest absolute Gasteiger partial charge is 0.267 e. The molecule has 3 aromatic carbocycles. The number of rotatable bonds is 3. The summed E-state index contributed by atoms with van der Waals surface area (Å²) in [6.45, 7) is 4.39. The van der Waals surface area contributed by atoms with Crippen molar-refractivity contribution < 1.29 is 9.59 Å². The van der Waals surface area contributed by atoms with Gasteiger partial charge >= 0.3 is 0 Å². The molecule has 6 bridgehead atoms. The number of benzene rings is 3. The van der Waals surface area contributed by atoms with Crippen LogP contribution in [0.25, 0.3) is 22.3 Å². The highest BCUT2D eigenvalue weighted by Crippen LogP contribution is 2.26. The van der Waals surface area contributed by atoms with Crippen LogP contribution in [0.1, 0.15) is 46.9 Å². The summed E-state index contributed by atoms with van der Waals surface area (Å²) in [5.41, 5.74) is 6.27. The Hall–Kier alpha value is -5.05. The fraction of sp³-hybridized carbons (Fsp3) is 0.194. The Morgan fingerprint density at radius 2 is 1.82 bits per heavy atom. The number of carbonyl (C=O) groups is 2. The van der Waals surface area contributed by atoms with Gasteiger partial charge in [0.2, 0.25) is 11.9 Å². The number of anilines is 1. The van der Waals surface area contributed by atoms with Crippen molar-refractivity contribution in [2.75, 3.05) is 11.9 Å². The molecule has 6 rings (SSSR count). The van der Waals surface area contributed by atoms with Crippen LogP contribution in [0.2, 0.25) is 0 Å². The van der Waals surface area contributed by atoms with Gasteiger partial charge in [0.25, 0.3) is 11.5 Å². The zero-order chi connectivity index (χ0) is 27.8. The quantitative estimate of drug-likeness (QED) is 0.363. The third kappa shape index (κ3) is 4.89. The largest absolute Gasteiger partial charge is 0.356 e. The Kier molecular flexibility index (Phi) is 6.47. The number of fused-ring (bicyclic) bond motifs is 10. The van der Waals surface area contributed by atoms with E-state index in [-0.39, 0.29) is 23.4 Å². The minimum absolute atomic E-state index is 0.0651. The van der Waals surface area contributed by atoms with Crippen molar-refractivity contribution in [3.63, 3.8) is 0 Å². The molecule has 5 aromatic rings. The van der Waals surface area contributed by atoms with Gasteiger partial charge in [-0.2, -0.15) is 5.10 Å². The molecule has 0 fully saturated rings. The van der Waals surface area contributed by atoms with Crippen LogP contribution in [0.15, 0.2) is 83.7 Å². The maximum absolute atomic E-state index is 13.5.